The van der Waals surface area contributed by atoms with Crippen molar-refractivity contribution in [3.8, 4) is 0 Å². The van der Waals surface area contributed by atoms with Crippen molar-refractivity contribution in [2.75, 3.05) is 6.61 Å². The van der Waals surface area contributed by atoms with Crippen LogP contribution in [-0.2, 0) is 4.74 Å². The molecular weight excluding hydrogens is 164 g/mol. The van der Waals surface area contributed by atoms with E-state index < -0.39 is 0 Å². The molecule has 0 aromatic carbocycles. The van der Waals surface area contributed by atoms with Gasteiger partial charge in [-0.3, -0.25) is 0 Å². The Bertz CT molecular complexity index is 224. The molecular formula is C7H11ClN2O. The SMILES string of the molecule is CCOC(C)n1ccc(Cl)n1. The van der Waals surface area contributed by atoms with E-state index in [1.54, 1.807) is 16.9 Å². The van der Waals surface area contributed by atoms with Gasteiger partial charge in [0, 0.05) is 12.8 Å². The van der Waals surface area contributed by atoms with Crippen LogP contribution in [0.1, 0.15) is 20.1 Å². The molecule has 1 aromatic heterocycles. The minimum absolute atomic E-state index is 0.0347. The van der Waals surface area contributed by atoms with Crippen LogP contribution >= 0.6 is 11.6 Å². The monoisotopic (exact) mass is 174 g/mol. The maximum atomic E-state index is 5.62. The minimum Gasteiger partial charge on any atom is -0.357 e. The third-order valence-electron chi connectivity index (χ3n) is 1.36. The van der Waals surface area contributed by atoms with Crippen molar-refractivity contribution in [3.63, 3.8) is 0 Å². The van der Waals surface area contributed by atoms with E-state index in [0.717, 1.165) is 0 Å². The molecule has 0 N–H and O–H groups in total. The van der Waals surface area contributed by atoms with E-state index in [-0.39, 0.29) is 6.23 Å². The first kappa shape index (κ1) is 8.56. The average Bonchev–Trinajstić information content (AvgIpc) is 2.36. The fourth-order valence-corrected chi connectivity index (χ4v) is 0.979. The molecule has 1 rings (SSSR count). The second kappa shape index (κ2) is 3.74. The summed E-state index contributed by atoms with van der Waals surface area (Å²) >= 11 is 5.62. The van der Waals surface area contributed by atoms with Crippen molar-refractivity contribution in [2.24, 2.45) is 0 Å². The number of nitrogens with zero attached hydrogens (tertiary/aromatic N) is 2. The standard InChI is InChI=1S/C7H11ClN2O/c1-3-11-6(2)10-5-4-7(8)9-10/h4-6H,3H2,1-2H3. The number of ether oxygens (including phenoxy) is 1. The highest BCUT2D eigenvalue weighted by Crippen LogP contribution is 2.09. The summed E-state index contributed by atoms with van der Waals surface area (Å²) in [5.41, 5.74) is 0. The van der Waals surface area contributed by atoms with Crippen LogP contribution in [0.15, 0.2) is 12.3 Å². The Morgan fingerprint density at radius 2 is 2.55 bits per heavy atom. The second-order valence-electron chi connectivity index (χ2n) is 2.17. The first-order valence-corrected chi connectivity index (χ1v) is 3.94. The largest absolute Gasteiger partial charge is 0.357 e. The van der Waals surface area contributed by atoms with E-state index in [1.165, 1.54) is 0 Å². The zero-order valence-corrected chi connectivity index (χ0v) is 7.38. The molecule has 0 saturated heterocycles. The molecule has 3 nitrogen and oxygen atoms in total. The van der Waals surface area contributed by atoms with Gasteiger partial charge in [-0.05, 0) is 19.9 Å². The highest BCUT2D eigenvalue weighted by atomic mass is 35.5. The molecule has 0 radical (unpaired) electrons. The van der Waals surface area contributed by atoms with E-state index in [4.69, 9.17) is 16.3 Å². The van der Waals surface area contributed by atoms with Crippen LogP contribution in [0.25, 0.3) is 0 Å². The van der Waals surface area contributed by atoms with Gasteiger partial charge in [-0.25, -0.2) is 4.68 Å². The highest BCUT2D eigenvalue weighted by Gasteiger charge is 2.03. The normalized spacial score (nSPS) is 13.4. The zero-order chi connectivity index (χ0) is 8.27. The lowest BCUT2D eigenvalue weighted by atomic mass is 10.6. The van der Waals surface area contributed by atoms with Gasteiger partial charge in [0.15, 0.2) is 5.15 Å². The summed E-state index contributed by atoms with van der Waals surface area (Å²) in [7, 11) is 0. The van der Waals surface area contributed by atoms with Crippen LogP contribution in [0.5, 0.6) is 0 Å². The van der Waals surface area contributed by atoms with Crippen LogP contribution in [0.4, 0.5) is 0 Å². The quantitative estimate of drug-likeness (QED) is 0.702. The van der Waals surface area contributed by atoms with Crippen molar-refractivity contribution in [1.29, 1.82) is 0 Å². The molecule has 1 atom stereocenters. The van der Waals surface area contributed by atoms with Gasteiger partial charge in [-0.2, -0.15) is 5.10 Å². The van der Waals surface area contributed by atoms with Gasteiger partial charge >= 0.3 is 0 Å². The summed E-state index contributed by atoms with van der Waals surface area (Å²) in [5, 5.41) is 4.48. The van der Waals surface area contributed by atoms with Gasteiger partial charge in [0.05, 0.1) is 0 Å². The van der Waals surface area contributed by atoms with Gasteiger partial charge in [0.2, 0.25) is 0 Å². The molecule has 0 saturated carbocycles. The number of hydrogen-bond acceptors (Lipinski definition) is 2. The molecule has 1 heterocycles. The predicted octanol–water partition coefficient (Wildman–Crippen LogP) is 2.09. The Balaban J connectivity index is 2.60. The third-order valence-corrected chi connectivity index (χ3v) is 1.56. The van der Waals surface area contributed by atoms with E-state index in [9.17, 15) is 0 Å². The highest BCUT2D eigenvalue weighted by molar-refractivity contribution is 6.29. The molecule has 0 spiro atoms. The lowest BCUT2D eigenvalue weighted by molar-refractivity contribution is 0.0160. The molecule has 62 valence electrons. The third kappa shape index (κ3) is 2.20. The molecule has 0 aliphatic rings. The molecule has 0 fully saturated rings. The van der Waals surface area contributed by atoms with Crippen LogP contribution < -0.4 is 0 Å². The minimum atomic E-state index is -0.0347. The Morgan fingerprint density at radius 3 is 3.00 bits per heavy atom. The van der Waals surface area contributed by atoms with Crippen molar-refractivity contribution >= 4 is 11.6 Å². The van der Waals surface area contributed by atoms with Gasteiger partial charge in [0.1, 0.15) is 6.23 Å². The Labute approximate surface area is 70.9 Å². The van der Waals surface area contributed by atoms with E-state index in [1.807, 2.05) is 13.8 Å². The molecule has 4 heteroatoms. The molecule has 0 aliphatic heterocycles. The average molecular weight is 175 g/mol. The number of halogens is 1. The van der Waals surface area contributed by atoms with E-state index in [0.29, 0.717) is 11.8 Å². The lowest BCUT2D eigenvalue weighted by Crippen LogP contribution is -2.09. The fourth-order valence-electron chi connectivity index (χ4n) is 0.835. The van der Waals surface area contributed by atoms with Crippen LogP contribution in [0.2, 0.25) is 5.15 Å². The number of rotatable bonds is 3. The predicted molar refractivity (Wildman–Crippen MR) is 43.6 cm³/mol. The van der Waals surface area contributed by atoms with Crippen molar-refractivity contribution in [3.05, 3.63) is 17.4 Å². The summed E-state index contributed by atoms with van der Waals surface area (Å²) in [4.78, 5) is 0. The summed E-state index contributed by atoms with van der Waals surface area (Å²) in [6.07, 6.45) is 1.76. The summed E-state index contributed by atoms with van der Waals surface area (Å²) in [6.45, 7) is 4.55. The Kier molecular flexibility index (Phi) is 2.91. The lowest BCUT2D eigenvalue weighted by Gasteiger charge is -2.10. The van der Waals surface area contributed by atoms with E-state index >= 15 is 0 Å². The molecule has 0 bridgehead atoms. The summed E-state index contributed by atoms with van der Waals surface area (Å²) in [5.74, 6) is 0. The maximum absolute atomic E-state index is 5.62. The number of aromatic nitrogens is 2. The van der Waals surface area contributed by atoms with Gasteiger partial charge in [-0.1, -0.05) is 11.6 Å². The first-order valence-electron chi connectivity index (χ1n) is 3.56. The molecule has 0 amide bonds. The zero-order valence-electron chi connectivity index (χ0n) is 6.62. The van der Waals surface area contributed by atoms with Crippen molar-refractivity contribution in [2.45, 2.75) is 20.1 Å². The van der Waals surface area contributed by atoms with Gasteiger partial charge < -0.3 is 4.74 Å². The summed E-state index contributed by atoms with van der Waals surface area (Å²) in [6, 6.07) is 1.73. The van der Waals surface area contributed by atoms with Crippen LogP contribution in [0, 0.1) is 0 Å². The number of hydrogen-bond donors (Lipinski definition) is 0. The summed E-state index contributed by atoms with van der Waals surface area (Å²) < 4.78 is 6.97. The molecule has 0 aliphatic carbocycles. The van der Waals surface area contributed by atoms with Crippen molar-refractivity contribution in [1.82, 2.24) is 9.78 Å². The fraction of sp³-hybridized carbons (Fsp3) is 0.571. The Morgan fingerprint density at radius 1 is 1.82 bits per heavy atom. The molecule has 11 heavy (non-hydrogen) atoms. The first-order chi connectivity index (χ1) is 5.24. The van der Waals surface area contributed by atoms with Gasteiger partial charge in [0.25, 0.3) is 0 Å². The molecule has 1 aromatic rings. The maximum Gasteiger partial charge on any atom is 0.151 e. The van der Waals surface area contributed by atoms with Crippen LogP contribution in [-0.4, -0.2) is 16.4 Å². The Hall–Kier alpha value is -0.540. The van der Waals surface area contributed by atoms with Gasteiger partial charge in [-0.15, -0.1) is 0 Å². The van der Waals surface area contributed by atoms with Crippen LogP contribution in [0.3, 0.4) is 0 Å². The smallest absolute Gasteiger partial charge is 0.151 e. The second-order valence-corrected chi connectivity index (χ2v) is 2.56. The topological polar surface area (TPSA) is 27.1 Å². The van der Waals surface area contributed by atoms with E-state index in [2.05, 4.69) is 5.10 Å². The molecule has 1 unspecified atom stereocenters. The van der Waals surface area contributed by atoms with Crippen molar-refractivity contribution < 1.29 is 4.74 Å².